The van der Waals surface area contributed by atoms with Crippen molar-refractivity contribution in [3.63, 3.8) is 0 Å². The second-order valence-corrected chi connectivity index (χ2v) is 4.18. The summed E-state index contributed by atoms with van der Waals surface area (Å²) in [6.07, 6.45) is -4.99. The summed E-state index contributed by atoms with van der Waals surface area (Å²) in [7, 11) is 0. The van der Waals surface area contributed by atoms with Gasteiger partial charge in [0.2, 0.25) is 5.91 Å². The summed E-state index contributed by atoms with van der Waals surface area (Å²) in [6.45, 7) is -2.60. The van der Waals surface area contributed by atoms with Gasteiger partial charge >= 0.3 is 12.1 Å². The van der Waals surface area contributed by atoms with E-state index in [0.29, 0.717) is 11.3 Å². The van der Waals surface area contributed by atoms with Crippen LogP contribution >= 0.6 is 0 Å². The third kappa shape index (κ3) is 5.59. The van der Waals surface area contributed by atoms with Crippen LogP contribution in [0.4, 0.5) is 18.9 Å². The summed E-state index contributed by atoms with van der Waals surface area (Å²) >= 11 is 0. The molecule has 0 aromatic heterocycles. The number of carbonyl (C=O) groups excluding carboxylic acids is 1. The molecule has 0 saturated heterocycles. The first-order chi connectivity index (χ1) is 9.17. The van der Waals surface area contributed by atoms with Crippen LogP contribution in [0.1, 0.15) is 5.56 Å². The smallest absolute Gasteiger partial charge is 0.406 e. The number of benzene rings is 1. The summed E-state index contributed by atoms with van der Waals surface area (Å²) < 4.78 is 36.9. The van der Waals surface area contributed by atoms with Gasteiger partial charge in [0.05, 0.1) is 6.42 Å². The number of carboxylic acid groups (broad SMARTS) is 1. The van der Waals surface area contributed by atoms with Gasteiger partial charge in [-0.15, -0.1) is 0 Å². The molecule has 1 aromatic carbocycles. The lowest BCUT2D eigenvalue weighted by atomic mass is 10.1. The molecule has 0 aliphatic heterocycles. The number of hydrogen-bond donors (Lipinski definition) is 2. The maximum Gasteiger partial charge on any atom is 0.406 e. The van der Waals surface area contributed by atoms with Gasteiger partial charge in [-0.1, -0.05) is 12.1 Å². The van der Waals surface area contributed by atoms with Gasteiger partial charge < -0.3 is 15.7 Å². The van der Waals surface area contributed by atoms with Crippen molar-refractivity contribution in [2.75, 3.05) is 18.8 Å². The highest BCUT2D eigenvalue weighted by Crippen LogP contribution is 2.17. The molecule has 1 rings (SSSR count). The molecule has 0 heterocycles. The Kier molecular flexibility index (Phi) is 4.95. The van der Waals surface area contributed by atoms with Crippen molar-refractivity contribution < 1.29 is 27.9 Å². The number of nitrogen functional groups attached to an aromatic ring is 1. The third-order valence-corrected chi connectivity index (χ3v) is 2.36. The van der Waals surface area contributed by atoms with Gasteiger partial charge in [0.25, 0.3) is 0 Å². The van der Waals surface area contributed by atoms with Crippen LogP contribution in [0, 0.1) is 0 Å². The van der Waals surface area contributed by atoms with Gasteiger partial charge in [-0.25, -0.2) is 0 Å². The minimum absolute atomic E-state index is 0.255. The van der Waals surface area contributed by atoms with E-state index in [9.17, 15) is 22.8 Å². The molecule has 8 heteroatoms. The first-order valence-corrected chi connectivity index (χ1v) is 5.58. The van der Waals surface area contributed by atoms with Crippen LogP contribution in [-0.4, -0.2) is 41.1 Å². The zero-order valence-electron chi connectivity index (χ0n) is 10.4. The standard InChI is InChI=1S/C12H13F3N2O3/c13-12(14,15)7-17(6-11(19)20)10(18)5-8-2-1-3-9(16)4-8/h1-4H,5-7,16H2,(H,19,20). The van der Waals surface area contributed by atoms with E-state index >= 15 is 0 Å². The largest absolute Gasteiger partial charge is 0.480 e. The van der Waals surface area contributed by atoms with Crippen LogP contribution in [0.15, 0.2) is 24.3 Å². The summed E-state index contributed by atoms with van der Waals surface area (Å²) in [4.78, 5) is 22.5. The van der Waals surface area contributed by atoms with Crippen molar-refractivity contribution in [2.24, 2.45) is 0 Å². The van der Waals surface area contributed by atoms with Crippen molar-refractivity contribution in [3.8, 4) is 0 Å². The average Bonchev–Trinajstić information content (AvgIpc) is 2.25. The minimum atomic E-state index is -4.65. The Bertz CT molecular complexity index is 503. The molecule has 5 nitrogen and oxygen atoms in total. The normalized spacial score (nSPS) is 11.2. The van der Waals surface area contributed by atoms with Gasteiger partial charge in [0.1, 0.15) is 13.1 Å². The Balaban J connectivity index is 2.79. The fourth-order valence-electron chi connectivity index (χ4n) is 1.60. The zero-order chi connectivity index (χ0) is 15.3. The topological polar surface area (TPSA) is 83.6 Å². The first kappa shape index (κ1) is 15.8. The van der Waals surface area contributed by atoms with Crippen molar-refractivity contribution in [2.45, 2.75) is 12.6 Å². The Morgan fingerprint density at radius 2 is 1.95 bits per heavy atom. The molecule has 20 heavy (non-hydrogen) atoms. The molecule has 110 valence electrons. The van der Waals surface area contributed by atoms with E-state index in [0.717, 1.165) is 0 Å². The van der Waals surface area contributed by atoms with E-state index in [-0.39, 0.29) is 11.3 Å². The van der Waals surface area contributed by atoms with E-state index < -0.39 is 31.1 Å². The zero-order valence-corrected chi connectivity index (χ0v) is 10.4. The van der Waals surface area contributed by atoms with Gasteiger partial charge in [0, 0.05) is 5.69 Å². The van der Waals surface area contributed by atoms with Crippen LogP contribution in [0.3, 0.4) is 0 Å². The molecule has 0 aliphatic carbocycles. The number of amides is 1. The second kappa shape index (κ2) is 6.27. The summed E-state index contributed by atoms with van der Waals surface area (Å²) in [5.74, 6) is -2.43. The summed E-state index contributed by atoms with van der Waals surface area (Å²) in [6, 6.07) is 6.10. The Labute approximate surface area is 112 Å². The lowest BCUT2D eigenvalue weighted by Crippen LogP contribution is -2.42. The molecule has 0 unspecified atom stereocenters. The molecule has 0 saturated carbocycles. The molecular formula is C12H13F3N2O3. The van der Waals surface area contributed by atoms with Gasteiger partial charge in [-0.2, -0.15) is 13.2 Å². The summed E-state index contributed by atoms with van der Waals surface area (Å²) in [5, 5.41) is 8.56. The number of alkyl halides is 3. The number of rotatable bonds is 5. The SMILES string of the molecule is Nc1cccc(CC(=O)N(CC(=O)O)CC(F)(F)F)c1. The Morgan fingerprint density at radius 3 is 2.45 bits per heavy atom. The van der Waals surface area contributed by atoms with Gasteiger partial charge in [0.15, 0.2) is 0 Å². The van der Waals surface area contributed by atoms with Gasteiger partial charge in [-0.3, -0.25) is 9.59 Å². The number of nitrogens with two attached hydrogens (primary N) is 1. The third-order valence-electron chi connectivity index (χ3n) is 2.36. The fourth-order valence-corrected chi connectivity index (χ4v) is 1.60. The number of nitrogens with zero attached hydrogens (tertiary/aromatic N) is 1. The quantitative estimate of drug-likeness (QED) is 0.800. The first-order valence-electron chi connectivity index (χ1n) is 5.58. The van der Waals surface area contributed by atoms with Crippen LogP contribution in [0.25, 0.3) is 0 Å². The number of aliphatic carboxylic acids is 1. The number of anilines is 1. The molecule has 0 spiro atoms. The van der Waals surface area contributed by atoms with Crippen molar-refractivity contribution in [1.29, 1.82) is 0 Å². The second-order valence-electron chi connectivity index (χ2n) is 4.18. The fraction of sp³-hybridized carbons (Fsp3) is 0.333. The van der Waals surface area contributed by atoms with E-state index in [2.05, 4.69) is 0 Å². The molecule has 0 radical (unpaired) electrons. The van der Waals surface area contributed by atoms with Crippen molar-refractivity contribution in [1.82, 2.24) is 4.90 Å². The molecule has 0 fully saturated rings. The maximum atomic E-state index is 12.3. The number of carboxylic acids is 1. The minimum Gasteiger partial charge on any atom is -0.480 e. The lowest BCUT2D eigenvalue weighted by Gasteiger charge is -2.22. The Morgan fingerprint density at radius 1 is 1.30 bits per heavy atom. The van der Waals surface area contributed by atoms with E-state index in [1.54, 1.807) is 12.1 Å². The van der Waals surface area contributed by atoms with Crippen LogP contribution in [0.5, 0.6) is 0 Å². The predicted molar refractivity (Wildman–Crippen MR) is 64.8 cm³/mol. The number of hydrogen-bond acceptors (Lipinski definition) is 3. The van der Waals surface area contributed by atoms with Crippen molar-refractivity contribution in [3.05, 3.63) is 29.8 Å². The Hall–Kier alpha value is -2.25. The van der Waals surface area contributed by atoms with Gasteiger partial charge in [-0.05, 0) is 17.7 Å². The summed E-state index contributed by atoms with van der Waals surface area (Å²) in [5.41, 5.74) is 6.29. The van der Waals surface area contributed by atoms with Crippen molar-refractivity contribution >= 4 is 17.6 Å². The average molecular weight is 290 g/mol. The molecule has 0 atom stereocenters. The van der Waals surface area contributed by atoms with Crippen LogP contribution < -0.4 is 5.73 Å². The molecule has 0 bridgehead atoms. The number of carbonyl (C=O) groups is 2. The molecule has 3 N–H and O–H groups in total. The molecule has 0 aliphatic rings. The molecule has 1 aromatic rings. The highest BCUT2D eigenvalue weighted by atomic mass is 19.4. The van der Waals surface area contributed by atoms with E-state index in [1.165, 1.54) is 12.1 Å². The van der Waals surface area contributed by atoms with E-state index in [1.807, 2.05) is 0 Å². The lowest BCUT2D eigenvalue weighted by molar-refractivity contribution is -0.165. The van der Waals surface area contributed by atoms with Crippen LogP contribution in [-0.2, 0) is 16.0 Å². The van der Waals surface area contributed by atoms with E-state index in [4.69, 9.17) is 10.8 Å². The number of halogens is 3. The molecule has 1 amide bonds. The molecular weight excluding hydrogens is 277 g/mol. The highest BCUT2D eigenvalue weighted by molar-refractivity contribution is 5.83. The van der Waals surface area contributed by atoms with Crippen LogP contribution in [0.2, 0.25) is 0 Å². The maximum absolute atomic E-state index is 12.3. The highest BCUT2D eigenvalue weighted by Gasteiger charge is 2.33. The monoisotopic (exact) mass is 290 g/mol. The predicted octanol–water partition coefficient (Wildman–Crippen LogP) is 1.29.